The minimum atomic E-state index is -1.14. The molecule has 7 heteroatoms. The van der Waals surface area contributed by atoms with Crippen molar-refractivity contribution in [1.29, 1.82) is 0 Å². The van der Waals surface area contributed by atoms with Gasteiger partial charge in [-0.3, -0.25) is 9.00 Å². The molecule has 0 saturated heterocycles. The van der Waals surface area contributed by atoms with Crippen molar-refractivity contribution in [3.05, 3.63) is 0 Å². The SMILES string of the molecule is CCOC(=O)CCS(=O)CC[C@@H]1[C@@H](C#C[C@@H](O)C2CCCCC2)[C@H](O)C[C@H]1Cl. The normalized spacial score (nSPS) is 30.3. The molecule has 2 N–H and O–H groups in total. The molecule has 0 aromatic heterocycles. The third kappa shape index (κ3) is 7.33. The highest BCUT2D eigenvalue weighted by atomic mass is 35.5. The molecule has 28 heavy (non-hydrogen) atoms. The van der Waals surface area contributed by atoms with Crippen LogP contribution < -0.4 is 0 Å². The summed E-state index contributed by atoms with van der Waals surface area (Å²) in [5.41, 5.74) is 0. The summed E-state index contributed by atoms with van der Waals surface area (Å²) in [5, 5.41) is 20.5. The van der Waals surface area contributed by atoms with Crippen molar-refractivity contribution in [3.8, 4) is 11.8 Å². The Kier molecular flexibility index (Phi) is 10.3. The van der Waals surface area contributed by atoms with Gasteiger partial charge in [0.1, 0.15) is 6.10 Å². The van der Waals surface area contributed by atoms with E-state index in [1.165, 1.54) is 6.42 Å². The van der Waals surface area contributed by atoms with E-state index in [4.69, 9.17) is 16.3 Å². The molecule has 2 fully saturated rings. The van der Waals surface area contributed by atoms with Gasteiger partial charge in [-0.15, -0.1) is 11.6 Å². The Hall–Kier alpha value is -0.610. The van der Waals surface area contributed by atoms with Crippen molar-refractivity contribution < 1.29 is 24.0 Å². The zero-order valence-corrected chi connectivity index (χ0v) is 18.2. The first-order valence-electron chi connectivity index (χ1n) is 10.4. The summed E-state index contributed by atoms with van der Waals surface area (Å²) < 4.78 is 17.1. The van der Waals surface area contributed by atoms with E-state index in [0.29, 0.717) is 25.2 Å². The Morgan fingerprint density at radius 3 is 2.68 bits per heavy atom. The number of hydrogen-bond acceptors (Lipinski definition) is 5. The minimum absolute atomic E-state index is 0.0609. The molecule has 2 aliphatic rings. The smallest absolute Gasteiger partial charge is 0.306 e. The topological polar surface area (TPSA) is 83.8 Å². The highest BCUT2D eigenvalue weighted by molar-refractivity contribution is 7.84. The van der Waals surface area contributed by atoms with E-state index in [2.05, 4.69) is 11.8 Å². The van der Waals surface area contributed by atoms with Crippen LogP contribution in [-0.2, 0) is 20.3 Å². The number of esters is 1. The maximum Gasteiger partial charge on any atom is 0.306 e. The van der Waals surface area contributed by atoms with Gasteiger partial charge in [0.25, 0.3) is 0 Å². The van der Waals surface area contributed by atoms with Crippen molar-refractivity contribution >= 4 is 28.4 Å². The first-order valence-corrected chi connectivity index (χ1v) is 12.4. The number of halogens is 1. The molecule has 6 atom stereocenters. The third-order valence-electron chi connectivity index (χ3n) is 5.82. The number of aliphatic hydroxyl groups excluding tert-OH is 2. The number of carbonyl (C=O) groups excluding carboxylic acids is 1. The average Bonchev–Trinajstić information content (AvgIpc) is 2.96. The van der Waals surface area contributed by atoms with Crippen molar-refractivity contribution in [2.24, 2.45) is 17.8 Å². The van der Waals surface area contributed by atoms with Crippen LogP contribution in [0.4, 0.5) is 0 Å². The van der Waals surface area contributed by atoms with Crippen LogP contribution in [0.3, 0.4) is 0 Å². The lowest BCUT2D eigenvalue weighted by molar-refractivity contribution is -0.142. The highest BCUT2D eigenvalue weighted by Gasteiger charge is 2.40. The summed E-state index contributed by atoms with van der Waals surface area (Å²) in [5.74, 6) is 6.28. The van der Waals surface area contributed by atoms with E-state index in [1.807, 2.05) is 0 Å². The van der Waals surface area contributed by atoms with E-state index in [-0.39, 0.29) is 41.3 Å². The summed E-state index contributed by atoms with van der Waals surface area (Å²) in [6, 6.07) is 0. The predicted molar refractivity (Wildman–Crippen MR) is 111 cm³/mol. The Balaban J connectivity index is 1.86. The molecule has 5 nitrogen and oxygen atoms in total. The van der Waals surface area contributed by atoms with Crippen LogP contribution in [0.1, 0.15) is 58.3 Å². The molecule has 1 unspecified atom stereocenters. The molecule has 0 bridgehead atoms. The number of hydrogen-bond donors (Lipinski definition) is 2. The van der Waals surface area contributed by atoms with Crippen LogP contribution in [0.15, 0.2) is 0 Å². The van der Waals surface area contributed by atoms with Crippen LogP contribution in [0.2, 0.25) is 0 Å². The lowest BCUT2D eigenvalue weighted by Gasteiger charge is -2.24. The van der Waals surface area contributed by atoms with E-state index in [0.717, 1.165) is 25.7 Å². The standard InChI is InChI=1S/C21H33ClO5S/c1-2-27-21(25)11-13-28(26)12-10-16-17(20(24)14-18(16)22)8-9-19(23)15-6-4-3-5-7-15/h15-20,23-24H,2-7,10-14H2,1H3/t16-,17-,18-,19-,20-,28?/m1/s1. The van der Waals surface area contributed by atoms with Crippen molar-refractivity contribution in [2.45, 2.75) is 75.9 Å². The molecule has 0 radical (unpaired) electrons. The van der Waals surface area contributed by atoms with E-state index in [9.17, 15) is 19.2 Å². The van der Waals surface area contributed by atoms with Crippen molar-refractivity contribution in [1.82, 2.24) is 0 Å². The zero-order valence-electron chi connectivity index (χ0n) is 16.6. The second-order valence-electron chi connectivity index (χ2n) is 7.83. The second kappa shape index (κ2) is 12.2. The summed E-state index contributed by atoms with van der Waals surface area (Å²) in [6.07, 6.45) is 5.43. The fraction of sp³-hybridized carbons (Fsp3) is 0.857. The molecule has 2 aliphatic carbocycles. The van der Waals surface area contributed by atoms with Crippen LogP contribution in [-0.4, -0.2) is 56.1 Å². The summed E-state index contributed by atoms with van der Waals surface area (Å²) in [4.78, 5) is 11.4. The van der Waals surface area contributed by atoms with Crippen molar-refractivity contribution in [3.63, 3.8) is 0 Å². The van der Waals surface area contributed by atoms with Crippen LogP contribution >= 0.6 is 11.6 Å². The second-order valence-corrected chi connectivity index (χ2v) is 10.1. The monoisotopic (exact) mass is 432 g/mol. The van der Waals surface area contributed by atoms with Gasteiger partial charge in [0.15, 0.2) is 0 Å². The summed E-state index contributed by atoms with van der Waals surface area (Å²) >= 11 is 6.42. The van der Waals surface area contributed by atoms with E-state index < -0.39 is 23.0 Å². The zero-order chi connectivity index (χ0) is 20.5. The van der Waals surface area contributed by atoms with Crippen LogP contribution in [0.5, 0.6) is 0 Å². The quantitative estimate of drug-likeness (QED) is 0.350. The summed E-state index contributed by atoms with van der Waals surface area (Å²) in [7, 11) is -1.14. The molecule has 0 aliphatic heterocycles. The lowest BCUT2D eigenvalue weighted by Crippen LogP contribution is -2.24. The van der Waals surface area contributed by atoms with Gasteiger partial charge in [0.05, 0.1) is 25.0 Å². The van der Waals surface area contributed by atoms with Gasteiger partial charge in [-0.1, -0.05) is 31.1 Å². The van der Waals surface area contributed by atoms with Crippen LogP contribution in [0.25, 0.3) is 0 Å². The largest absolute Gasteiger partial charge is 0.466 e. The van der Waals surface area contributed by atoms with Crippen molar-refractivity contribution in [2.75, 3.05) is 18.1 Å². The first-order chi connectivity index (χ1) is 13.4. The van der Waals surface area contributed by atoms with Gasteiger partial charge in [-0.2, -0.15) is 0 Å². The highest BCUT2D eigenvalue weighted by Crippen LogP contribution is 2.38. The molecule has 0 aromatic carbocycles. The first kappa shape index (κ1) is 23.7. The number of rotatable bonds is 8. The van der Waals surface area contributed by atoms with Gasteiger partial charge >= 0.3 is 5.97 Å². The van der Waals surface area contributed by atoms with Gasteiger partial charge in [0.2, 0.25) is 0 Å². The predicted octanol–water partition coefficient (Wildman–Crippen LogP) is 2.63. The molecular weight excluding hydrogens is 400 g/mol. The van der Waals surface area contributed by atoms with E-state index >= 15 is 0 Å². The fourth-order valence-electron chi connectivity index (χ4n) is 4.18. The molecule has 160 valence electrons. The number of carbonyl (C=O) groups is 1. The molecule has 0 spiro atoms. The van der Waals surface area contributed by atoms with Gasteiger partial charge in [0, 0.05) is 27.7 Å². The Morgan fingerprint density at radius 1 is 1.29 bits per heavy atom. The average molecular weight is 433 g/mol. The Morgan fingerprint density at radius 2 is 2.00 bits per heavy atom. The van der Waals surface area contributed by atoms with E-state index in [1.54, 1.807) is 6.92 Å². The molecule has 0 amide bonds. The molecule has 0 aromatic rings. The van der Waals surface area contributed by atoms with Crippen LogP contribution in [0, 0.1) is 29.6 Å². The summed E-state index contributed by atoms with van der Waals surface area (Å²) in [6.45, 7) is 2.07. The Labute approximate surface area is 176 Å². The number of aliphatic hydroxyl groups is 2. The lowest BCUT2D eigenvalue weighted by atomic mass is 9.85. The molecule has 2 rings (SSSR count). The maximum absolute atomic E-state index is 12.2. The Bertz CT molecular complexity index is 581. The van der Waals surface area contributed by atoms with Gasteiger partial charge in [-0.05, 0) is 44.4 Å². The number of alkyl halides is 1. The van der Waals surface area contributed by atoms with Gasteiger partial charge < -0.3 is 14.9 Å². The third-order valence-corrected chi connectivity index (χ3v) is 7.67. The molecule has 0 heterocycles. The fourth-order valence-corrected chi connectivity index (χ4v) is 5.77. The molecule has 2 saturated carbocycles. The number of ether oxygens (including phenoxy) is 1. The van der Waals surface area contributed by atoms with Gasteiger partial charge in [-0.25, -0.2) is 0 Å². The molecular formula is C21H33ClO5S. The minimum Gasteiger partial charge on any atom is -0.466 e. The maximum atomic E-state index is 12.2.